The Bertz CT molecular complexity index is 421. The number of hydrogen-bond acceptors (Lipinski definition) is 2. The molecule has 1 N–H and O–H groups in total. The second-order valence-electron chi connectivity index (χ2n) is 4.87. The molecule has 0 bridgehead atoms. The average molecular weight is 307 g/mol. The first-order valence-corrected chi connectivity index (χ1v) is 7.05. The van der Waals surface area contributed by atoms with Gasteiger partial charge >= 0.3 is 6.18 Å². The quantitative estimate of drug-likeness (QED) is 0.546. The lowest BCUT2D eigenvalue weighted by molar-refractivity contribution is -0.138. The molecule has 0 unspecified atom stereocenters. The lowest BCUT2D eigenvalue weighted by Crippen LogP contribution is -2.14. The summed E-state index contributed by atoms with van der Waals surface area (Å²) in [6.45, 7) is 3.52. The van der Waals surface area contributed by atoms with E-state index in [0.717, 1.165) is 18.5 Å². The Morgan fingerprint density at radius 2 is 2.00 bits per heavy atom. The molecule has 2 nitrogen and oxygen atoms in total. The van der Waals surface area contributed by atoms with E-state index in [4.69, 9.17) is 4.74 Å². The summed E-state index contributed by atoms with van der Waals surface area (Å²) in [7, 11) is 0. The zero-order valence-electron chi connectivity index (χ0n) is 12.1. The minimum atomic E-state index is -4.17. The minimum absolute atomic E-state index is 0.00862. The first-order valence-electron chi connectivity index (χ1n) is 7.05. The number of halogens is 4. The third-order valence-electron chi connectivity index (χ3n) is 2.87. The minimum Gasteiger partial charge on any atom is -0.377 e. The van der Waals surface area contributed by atoms with Crippen LogP contribution in [0.2, 0.25) is 0 Å². The molecule has 0 saturated heterocycles. The highest BCUT2D eigenvalue weighted by Gasteiger charge is 2.25. The van der Waals surface area contributed by atoms with Gasteiger partial charge in [0.15, 0.2) is 0 Å². The van der Waals surface area contributed by atoms with Crippen molar-refractivity contribution in [1.29, 1.82) is 0 Å². The molecular weight excluding hydrogens is 286 g/mol. The highest BCUT2D eigenvalue weighted by molar-refractivity contribution is 5.24. The maximum Gasteiger partial charge on any atom is 0.389 e. The van der Waals surface area contributed by atoms with Crippen LogP contribution in [0.3, 0.4) is 0 Å². The van der Waals surface area contributed by atoms with Crippen LogP contribution in [0.15, 0.2) is 18.2 Å². The van der Waals surface area contributed by atoms with Gasteiger partial charge in [0, 0.05) is 25.1 Å². The van der Waals surface area contributed by atoms with Gasteiger partial charge in [-0.2, -0.15) is 13.2 Å². The Kier molecular flexibility index (Phi) is 7.67. The maximum absolute atomic E-state index is 13.6. The highest BCUT2D eigenvalue weighted by atomic mass is 19.4. The van der Waals surface area contributed by atoms with Crippen LogP contribution < -0.4 is 5.32 Å². The molecule has 120 valence electrons. The zero-order valence-corrected chi connectivity index (χ0v) is 12.1. The molecule has 0 aromatic heterocycles. The van der Waals surface area contributed by atoms with Crippen LogP contribution in [0.4, 0.5) is 17.6 Å². The SMILES string of the molecule is CCCNCc1ccc(F)c(COCCCC(F)(F)F)c1. The van der Waals surface area contributed by atoms with Crippen LogP contribution in [-0.2, 0) is 17.9 Å². The third-order valence-corrected chi connectivity index (χ3v) is 2.87. The zero-order chi connectivity index (χ0) is 15.7. The standard InChI is InChI=1S/C15H21F4NO/c1-2-7-20-10-12-4-5-14(16)13(9-12)11-21-8-3-6-15(17,18)19/h4-5,9,20H,2-3,6-8,10-11H2,1H3. The van der Waals surface area contributed by atoms with E-state index in [0.29, 0.717) is 12.1 Å². The summed E-state index contributed by atoms with van der Waals surface area (Å²) in [5.41, 5.74) is 1.30. The predicted octanol–water partition coefficient (Wildman–Crippen LogP) is 4.18. The van der Waals surface area contributed by atoms with E-state index in [1.807, 2.05) is 0 Å². The fourth-order valence-electron chi connectivity index (χ4n) is 1.81. The molecule has 1 aromatic carbocycles. The molecule has 0 fully saturated rings. The Morgan fingerprint density at radius 1 is 1.24 bits per heavy atom. The summed E-state index contributed by atoms with van der Waals surface area (Å²) in [5, 5.41) is 3.20. The second kappa shape index (κ2) is 9.00. The normalized spacial score (nSPS) is 11.9. The number of alkyl halides is 3. The van der Waals surface area contributed by atoms with Gasteiger partial charge in [-0.3, -0.25) is 0 Å². The first kappa shape index (κ1) is 17.9. The van der Waals surface area contributed by atoms with E-state index in [9.17, 15) is 17.6 Å². The fourth-order valence-corrected chi connectivity index (χ4v) is 1.81. The Balaban J connectivity index is 2.37. The van der Waals surface area contributed by atoms with E-state index in [1.54, 1.807) is 12.1 Å². The molecule has 0 atom stereocenters. The summed E-state index contributed by atoms with van der Waals surface area (Å²) < 4.78 is 54.5. The van der Waals surface area contributed by atoms with Gasteiger partial charge < -0.3 is 10.1 Å². The molecule has 0 aliphatic rings. The van der Waals surface area contributed by atoms with Crippen molar-refractivity contribution >= 4 is 0 Å². The van der Waals surface area contributed by atoms with Gasteiger partial charge in [0.2, 0.25) is 0 Å². The van der Waals surface area contributed by atoms with Crippen LogP contribution in [0, 0.1) is 5.82 Å². The summed E-state index contributed by atoms with van der Waals surface area (Å²) in [6.07, 6.45) is -4.14. The van der Waals surface area contributed by atoms with Crippen molar-refractivity contribution in [2.75, 3.05) is 13.2 Å². The van der Waals surface area contributed by atoms with Gasteiger partial charge in [-0.25, -0.2) is 4.39 Å². The van der Waals surface area contributed by atoms with Crippen molar-refractivity contribution in [1.82, 2.24) is 5.32 Å². The molecule has 0 spiro atoms. The van der Waals surface area contributed by atoms with Crippen molar-refractivity contribution in [3.8, 4) is 0 Å². The molecular formula is C15H21F4NO. The van der Waals surface area contributed by atoms with Crippen molar-refractivity contribution in [2.24, 2.45) is 0 Å². The van der Waals surface area contributed by atoms with E-state index in [-0.39, 0.29) is 19.6 Å². The average Bonchev–Trinajstić information content (AvgIpc) is 2.40. The van der Waals surface area contributed by atoms with Gasteiger partial charge in [0.25, 0.3) is 0 Å². The Morgan fingerprint density at radius 3 is 2.67 bits per heavy atom. The topological polar surface area (TPSA) is 21.3 Å². The predicted molar refractivity (Wildman–Crippen MR) is 73.3 cm³/mol. The molecule has 0 saturated carbocycles. The largest absolute Gasteiger partial charge is 0.389 e. The molecule has 0 aliphatic heterocycles. The molecule has 6 heteroatoms. The monoisotopic (exact) mass is 307 g/mol. The van der Waals surface area contributed by atoms with Crippen molar-refractivity contribution in [3.05, 3.63) is 35.1 Å². The summed E-state index contributed by atoms with van der Waals surface area (Å²) >= 11 is 0. The molecule has 1 aromatic rings. The number of benzene rings is 1. The third kappa shape index (κ3) is 8.02. The summed E-state index contributed by atoms with van der Waals surface area (Å²) in [5.74, 6) is -0.398. The van der Waals surface area contributed by atoms with Gasteiger partial charge in [-0.15, -0.1) is 0 Å². The van der Waals surface area contributed by atoms with Crippen LogP contribution in [0.25, 0.3) is 0 Å². The number of ether oxygens (including phenoxy) is 1. The van der Waals surface area contributed by atoms with Gasteiger partial charge in [-0.1, -0.05) is 13.0 Å². The number of hydrogen-bond donors (Lipinski definition) is 1. The molecule has 0 amide bonds. The van der Waals surface area contributed by atoms with Crippen LogP contribution >= 0.6 is 0 Å². The van der Waals surface area contributed by atoms with Crippen molar-refractivity contribution in [2.45, 2.75) is 45.5 Å². The van der Waals surface area contributed by atoms with E-state index < -0.39 is 18.4 Å². The fraction of sp³-hybridized carbons (Fsp3) is 0.600. The molecule has 0 heterocycles. The molecule has 21 heavy (non-hydrogen) atoms. The van der Waals surface area contributed by atoms with Crippen LogP contribution in [0.5, 0.6) is 0 Å². The van der Waals surface area contributed by atoms with E-state index in [2.05, 4.69) is 12.2 Å². The molecule has 1 rings (SSSR count). The first-order chi connectivity index (χ1) is 9.92. The lowest BCUT2D eigenvalue weighted by Gasteiger charge is -2.09. The highest BCUT2D eigenvalue weighted by Crippen LogP contribution is 2.21. The second-order valence-corrected chi connectivity index (χ2v) is 4.87. The van der Waals surface area contributed by atoms with Gasteiger partial charge in [0.05, 0.1) is 6.61 Å². The maximum atomic E-state index is 13.6. The molecule has 0 aliphatic carbocycles. The van der Waals surface area contributed by atoms with Gasteiger partial charge in [0.1, 0.15) is 5.82 Å². The van der Waals surface area contributed by atoms with E-state index >= 15 is 0 Å². The summed E-state index contributed by atoms with van der Waals surface area (Å²) in [6, 6.07) is 4.73. The van der Waals surface area contributed by atoms with Crippen molar-refractivity contribution in [3.63, 3.8) is 0 Å². The Labute approximate surface area is 122 Å². The molecule has 0 radical (unpaired) electrons. The van der Waals surface area contributed by atoms with E-state index in [1.165, 1.54) is 6.07 Å². The van der Waals surface area contributed by atoms with Crippen LogP contribution in [-0.4, -0.2) is 19.3 Å². The van der Waals surface area contributed by atoms with Crippen molar-refractivity contribution < 1.29 is 22.3 Å². The Hall–Kier alpha value is -1.14. The lowest BCUT2D eigenvalue weighted by atomic mass is 10.1. The number of nitrogens with one attached hydrogen (secondary N) is 1. The van der Waals surface area contributed by atoms with Crippen LogP contribution in [0.1, 0.15) is 37.3 Å². The smallest absolute Gasteiger partial charge is 0.377 e. The van der Waals surface area contributed by atoms with Gasteiger partial charge in [-0.05, 0) is 37.1 Å². The number of rotatable bonds is 9. The summed E-state index contributed by atoms with van der Waals surface area (Å²) in [4.78, 5) is 0.